The van der Waals surface area contributed by atoms with Crippen molar-refractivity contribution in [2.24, 2.45) is 10.2 Å². The Hall–Kier alpha value is -2.25. The number of benzene rings is 1. The number of nitrogens with zero attached hydrogens (tertiary/aromatic N) is 2. The van der Waals surface area contributed by atoms with Crippen LogP contribution in [0.15, 0.2) is 39.9 Å². The summed E-state index contributed by atoms with van der Waals surface area (Å²) in [5.41, 5.74) is -2.03. The van der Waals surface area contributed by atoms with Crippen molar-refractivity contribution in [2.75, 3.05) is 0 Å². The highest BCUT2D eigenvalue weighted by molar-refractivity contribution is 5.93. The molecule has 1 rings (SSSR count). The van der Waals surface area contributed by atoms with Crippen LogP contribution in [0.2, 0.25) is 0 Å². The molecule has 0 saturated carbocycles. The van der Waals surface area contributed by atoms with Gasteiger partial charge in [0, 0.05) is 6.92 Å². The van der Waals surface area contributed by atoms with E-state index in [9.17, 15) is 22.4 Å². The third kappa shape index (κ3) is 3.87. The Morgan fingerprint density at radius 1 is 1.25 bits per heavy atom. The van der Waals surface area contributed by atoms with Gasteiger partial charge in [-0.05, 0) is 25.1 Å². The third-order valence-electron chi connectivity index (χ3n) is 2.21. The number of azo groups is 1. The second kappa shape index (κ2) is 5.81. The summed E-state index contributed by atoms with van der Waals surface area (Å²) in [6.07, 6.45) is -4.66. The van der Waals surface area contributed by atoms with Crippen molar-refractivity contribution in [3.05, 3.63) is 41.0 Å². The van der Waals surface area contributed by atoms with Gasteiger partial charge in [-0.15, -0.1) is 10.2 Å². The van der Waals surface area contributed by atoms with Crippen LogP contribution in [0.3, 0.4) is 0 Å². The molecule has 0 aliphatic rings. The van der Waals surface area contributed by atoms with Gasteiger partial charge in [0.05, 0.1) is 5.56 Å². The molecule has 20 heavy (non-hydrogen) atoms. The number of aliphatic hydroxyl groups excluding tert-OH is 1. The van der Waals surface area contributed by atoms with Gasteiger partial charge in [0.15, 0.2) is 17.3 Å². The minimum absolute atomic E-state index is 0.275. The van der Waals surface area contributed by atoms with Crippen molar-refractivity contribution < 1.29 is 27.5 Å². The lowest BCUT2D eigenvalue weighted by Crippen LogP contribution is -2.04. The zero-order valence-corrected chi connectivity index (χ0v) is 10.5. The van der Waals surface area contributed by atoms with Gasteiger partial charge in [0.1, 0.15) is 11.4 Å². The van der Waals surface area contributed by atoms with Crippen molar-refractivity contribution >= 4 is 11.5 Å². The summed E-state index contributed by atoms with van der Waals surface area (Å²) >= 11 is 0. The summed E-state index contributed by atoms with van der Waals surface area (Å²) in [6, 6.07) is 1.70. The van der Waals surface area contributed by atoms with Gasteiger partial charge < -0.3 is 5.11 Å². The third-order valence-corrected chi connectivity index (χ3v) is 2.21. The lowest BCUT2D eigenvalue weighted by atomic mass is 10.2. The van der Waals surface area contributed by atoms with Crippen LogP contribution in [0.5, 0.6) is 0 Å². The van der Waals surface area contributed by atoms with E-state index in [-0.39, 0.29) is 6.07 Å². The zero-order chi connectivity index (χ0) is 15.5. The van der Waals surface area contributed by atoms with Crippen LogP contribution in [-0.4, -0.2) is 10.9 Å². The minimum Gasteiger partial charge on any atom is -0.510 e. The molecule has 0 aliphatic heterocycles. The zero-order valence-electron chi connectivity index (χ0n) is 10.5. The van der Waals surface area contributed by atoms with E-state index in [4.69, 9.17) is 5.11 Å². The van der Waals surface area contributed by atoms with E-state index in [0.717, 1.165) is 13.0 Å². The molecule has 0 unspecified atom stereocenters. The van der Waals surface area contributed by atoms with E-state index in [1.165, 1.54) is 6.92 Å². The molecule has 0 fully saturated rings. The quantitative estimate of drug-likeness (QED) is 0.390. The molecule has 0 radical (unpaired) electrons. The molecule has 1 N–H and O–H groups in total. The Labute approximate surface area is 111 Å². The molecular formula is C12H10F4N2O2. The van der Waals surface area contributed by atoms with Gasteiger partial charge in [0.25, 0.3) is 0 Å². The lowest BCUT2D eigenvalue weighted by Gasteiger charge is -2.06. The number of carbonyl (C=O) groups excluding carboxylic acids is 1. The molecule has 1 aromatic carbocycles. The highest BCUT2D eigenvalue weighted by Gasteiger charge is 2.31. The van der Waals surface area contributed by atoms with Crippen LogP contribution in [-0.2, 0) is 11.0 Å². The second-order valence-corrected chi connectivity index (χ2v) is 3.85. The predicted octanol–water partition coefficient (Wildman–Crippen LogP) is 4.31. The molecule has 0 bridgehead atoms. The standard InChI is InChI=1S/C12H10F4N2O2/c1-6(19)11(7(2)20)18-17-10-4-3-8(5-9(10)13)12(14,15)16/h3-5,19H,1-2H3/b11-6+,18-17?. The molecule has 0 aromatic heterocycles. The monoisotopic (exact) mass is 290 g/mol. The van der Waals surface area contributed by atoms with E-state index in [1.807, 2.05) is 0 Å². The smallest absolute Gasteiger partial charge is 0.416 e. The molecule has 1 aromatic rings. The van der Waals surface area contributed by atoms with Crippen LogP contribution in [0.1, 0.15) is 19.4 Å². The number of halogens is 4. The maximum absolute atomic E-state index is 13.4. The van der Waals surface area contributed by atoms with Crippen molar-refractivity contribution in [3.63, 3.8) is 0 Å². The fourth-order valence-electron chi connectivity index (χ4n) is 1.27. The first-order valence-electron chi connectivity index (χ1n) is 5.32. The molecule has 108 valence electrons. The summed E-state index contributed by atoms with van der Waals surface area (Å²) in [5, 5.41) is 15.8. The first-order valence-corrected chi connectivity index (χ1v) is 5.32. The number of hydrogen-bond acceptors (Lipinski definition) is 4. The molecule has 0 amide bonds. The van der Waals surface area contributed by atoms with E-state index >= 15 is 0 Å². The Morgan fingerprint density at radius 2 is 1.85 bits per heavy atom. The number of rotatable bonds is 3. The summed E-state index contributed by atoms with van der Waals surface area (Å²) in [4.78, 5) is 11.1. The number of carbonyl (C=O) groups is 1. The van der Waals surface area contributed by atoms with Gasteiger partial charge in [0.2, 0.25) is 0 Å². The number of aliphatic hydroxyl groups is 1. The molecule has 8 heteroatoms. The van der Waals surface area contributed by atoms with E-state index in [1.54, 1.807) is 0 Å². The molecule has 0 heterocycles. The molecule has 0 atom stereocenters. The SMILES string of the molecule is CC(=O)/C(N=Nc1ccc(C(F)(F)F)cc1F)=C(/C)O. The maximum atomic E-state index is 13.4. The fourth-order valence-corrected chi connectivity index (χ4v) is 1.27. The first kappa shape index (κ1) is 15.8. The number of alkyl halides is 3. The van der Waals surface area contributed by atoms with E-state index in [0.29, 0.717) is 6.07 Å². The molecular weight excluding hydrogens is 280 g/mol. The summed E-state index contributed by atoms with van der Waals surface area (Å²) < 4.78 is 50.4. The largest absolute Gasteiger partial charge is 0.510 e. The average Bonchev–Trinajstić information content (AvgIpc) is 2.28. The minimum atomic E-state index is -4.66. The van der Waals surface area contributed by atoms with Crippen LogP contribution in [0, 0.1) is 5.82 Å². The van der Waals surface area contributed by atoms with Gasteiger partial charge >= 0.3 is 6.18 Å². The van der Waals surface area contributed by atoms with Gasteiger partial charge in [-0.1, -0.05) is 0 Å². The normalized spacial score (nSPS) is 13.5. The highest BCUT2D eigenvalue weighted by atomic mass is 19.4. The van der Waals surface area contributed by atoms with Crippen molar-refractivity contribution in [3.8, 4) is 0 Å². The lowest BCUT2D eigenvalue weighted by molar-refractivity contribution is -0.137. The Bertz CT molecular complexity index is 588. The number of ketones is 1. The first-order chi connectivity index (χ1) is 9.12. The number of allylic oxidation sites excluding steroid dienone is 2. The molecule has 0 aliphatic carbocycles. The van der Waals surface area contributed by atoms with Crippen LogP contribution >= 0.6 is 0 Å². The van der Waals surface area contributed by atoms with Gasteiger partial charge in [-0.3, -0.25) is 4.79 Å². The molecule has 0 saturated heterocycles. The average molecular weight is 290 g/mol. The Balaban J connectivity index is 3.12. The maximum Gasteiger partial charge on any atom is 0.416 e. The van der Waals surface area contributed by atoms with Crippen LogP contribution in [0.25, 0.3) is 0 Å². The molecule has 4 nitrogen and oxygen atoms in total. The highest BCUT2D eigenvalue weighted by Crippen LogP contribution is 2.32. The second-order valence-electron chi connectivity index (χ2n) is 3.85. The summed E-state index contributed by atoms with van der Waals surface area (Å²) in [6.45, 7) is 2.29. The van der Waals surface area contributed by atoms with Crippen molar-refractivity contribution in [1.29, 1.82) is 0 Å². The van der Waals surface area contributed by atoms with Gasteiger partial charge in [-0.2, -0.15) is 13.2 Å². The summed E-state index contributed by atoms with van der Waals surface area (Å²) in [5.74, 6) is -2.27. The predicted molar refractivity (Wildman–Crippen MR) is 61.9 cm³/mol. The van der Waals surface area contributed by atoms with Crippen LogP contribution < -0.4 is 0 Å². The van der Waals surface area contributed by atoms with E-state index in [2.05, 4.69) is 10.2 Å². The summed E-state index contributed by atoms with van der Waals surface area (Å²) in [7, 11) is 0. The van der Waals surface area contributed by atoms with E-state index < -0.39 is 40.5 Å². The van der Waals surface area contributed by atoms with Crippen molar-refractivity contribution in [1.82, 2.24) is 0 Å². The Kier molecular flexibility index (Phi) is 4.59. The van der Waals surface area contributed by atoms with Crippen LogP contribution in [0.4, 0.5) is 23.2 Å². The van der Waals surface area contributed by atoms with Gasteiger partial charge in [-0.25, -0.2) is 4.39 Å². The number of hydrogen-bond donors (Lipinski definition) is 1. The topological polar surface area (TPSA) is 62.0 Å². The number of Topliss-reactive ketones (excluding diaryl/α,β-unsaturated/α-hetero) is 1. The fraction of sp³-hybridized carbons (Fsp3) is 0.250. The molecule has 0 spiro atoms. The van der Waals surface area contributed by atoms with Crippen molar-refractivity contribution in [2.45, 2.75) is 20.0 Å². The Morgan fingerprint density at radius 3 is 2.25 bits per heavy atom.